The molecule has 1 aliphatic rings. The third-order valence-corrected chi connectivity index (χ3v) is 2.92. The molecule has 1 aromatic rings. The van der Waals surface area contributed by atoms with E-state index >= 15 is 0 Å². The summed E-state index contributed by atoms with van der Waals surface area (Å²) in [7, 11) is 0. The van der Waals surface area contributed by atoms with Crippen LogP contribution in [0.1, 0.15) is 44.9 Å². The minimum Gasteiger partial charge on any atom is -0.331 e. The van der Waals surface area contributed by atoms with Gasteiger partial charge in [-0.25, -0.2) is 4.98 Å². The zero-order valence-electron chi connectivity index (χ0n) is 9.78. The summed E-state index contributed by atoms with van der Waals surface area (Å²) in [5.74, 6) is 1.23. The van der Waals surface area contributed by atoms with E-state index in [1.165, 1.54) is 0 Å². The molecule has 1 heterocycles. The maximum Gasteiger partial charge on any atom is 0.156 e. The first-order chi connectivity index (χ1) is 7.81. The minimum absolute atomic E-state index is 0.249. The maximum absolute atomic E-state index is 11.5. The van der Waals surface area contributed by atoms with Gasteiger partial charge in [-0.05, 0) is 37.3 Å². The van der Waals surface area contributed by atoms with Gasteiger partial charge in [0, 0.05) is 25.4 Å². The van der Waals surface area contributed by atoms with Gasteiger partial charge in [0.15, 0.2) is 5.78 Å². The SMILES string of the molecule is CCCn1ccnc1C1=CC(=O)CCCC1. The van der Waals surface area contributed by atoms with Crippen molar-refractivity contribution in [1.82, 2.24) is 9.55 Å². The van der Waals surface area contributed by atoms with E-state index < -0.39 is 0 Å². The van der Waals surface area contributed by atoms with E-state index in [-0.39, 0.29) is 5.78 Å². The average molecular weight is 218 g/mol. The van der Waals surface area contributed by atoms with Crippen LogP contribution in [0.3, 0.4) is 0 Å². The van der Waals surface area contributed by atoms with E-state index in [4.69, 9.17) is 0 Å². The Hall–Kier alpha value is -1.38. The summed E-state index contributed by atoms with van der Waals surface area (Å²) in [6.45, 7) is 3.12. The Balaban J connectivity index is 2.27. The summed E-state index contributed by atoms with van der Waals surface area (Å²) in [4.78, 5) is 15.9. The van der Waals surface area contributed by atoms with E-state index in [1.54, 1.807) is 6.08 Å². The monoisotopic (exact) mass is 218 g/mol. The number of aromatic nitrogens is 2. The Morgan fingerprint density at radius 1 is 1.38 bits per heavy atom. The summed E-state index contributed by atoms with van der Waals surface area (Å²) < 4.78 is 2.14. The van der Waals surface area contributed by atoms with Crippen LogP contribution in [0, 0.1) is 0 Å². The van der Waals surface area contributed by atoms with Crippen molar-refractivity contribution < 1.29 is 4.79 Å². The number of aryl methyl sites for hydroxylation is 1. The number of rotatable bonds is 3. The molecule has 2 rings (SSSR count). The highest BCUT2D eigenvalue weighted by atomic mass is 16.1. The van der Waals surface area contributed by atoms with E-state index in [9.17, 15) is 4.79 Å². The van der Waals surface area contributed by atoms with Crippen molar-refractivity contribution in [3.63, 3.8) is 0 Å². The van der Waals surface area contributed by atoms with E-state index in [2.05, 4.69) is 16.5 Å². The predicted octanol–water partition coefficient (Wildman–Crippen LogP) is 2.82. The molecular weight excluding hydrogens is 200 g/mol. The molecule has 1 aliphatic carbocycles. The van der Waals surface area contributed by atoms with Crippen LogP contribution in [0.15, 0.2) is 18.5 Å². The molecule has 0 unspecified atom stereocenters. The zero-order valence-corrected chi connectivity index (χ0v) is 9.78. The number of nitrogens with zero attached hydrogens (tertiary/aromatic N) is 2. The van der Waals surface area contributed by atoms with Gasteiger partial charge >= 0.3 is 0 Å². The second-order valence-electron chi connectivity index (χ2n) is 4.29. The van der Waals surface area contributed by atoms with Crippen LogP contribution in [0.2, 0.25) is 0 Å². The van der Waals surface area contributed by atoms with Crippen molar-refractivity contribution in [2.75, 3.05) is 0 Å². The molecule has 1 aromatic heterocycles. The van der Waals surface area contributed by atoms with Crippen molar-refractivity contribution in [1.29, 1.82) is 0 Å². The fourth-order valence-corrected chi connectivity index (χ4v) is 2.15. The molecule has 0 N–H and O–H groups in total. The number of hydrogen-bond donors (Lipinski definition) is 0. The van der Waals surface area contributed by atoms with Gasteiger partial charge in [-0.2, -0.15) is 0 Å². The van der Waals surface area contributed by atoms with Crippen LogP contribution in [0.25, 0.3) is 5.57 Å². The summed E-state index contributed by atoms with van der Waals surface area (Å²) in [5, 5.41) is 0. The highest BCUT2D eigenvalue weighted by Crippen LogP contribution is 2.23. The Morgan fingerprint density at radius 3 is 3.00 bits per heavy atom. The Kier molecular flexibility index (Phi) is 3.54. The van der Waals surface area contributed by atoms with Crippen molar-refractivity contribution in [2.24, 2.45) is 0 Å². The normalized spacial score (nSPS) is 17.1. The smallest absolute Gasteiger partial charge is 0.156 e. The maximum atomic E-state index is 11.5. The average Bonchev–Trinajstić information content (AvgIpc) is 2.61. The predicted molar refractivity (Wildman–Crippen MR) is 64.0 cm³/mol. The molecule has 0 spiro atoms. The summed E-state index contributed by atoms with van der Waals surface area (Å²) in [5.41, 5.74) is 1.11. The van der Waals surface area contributed by atoms with E-state index in [0.29, 0.717) is 6.42 Å². The molecule has 0 aliphatic heterocycles. The van der Waals surface area contributed by atoms with Gasteiger partial charge in [0.25, 0.3) is 0 Å². The second-order valence-corrected chi connectivity index (χ2v) is 4.29. The minimum atomic E-state index is 0.249. The second kappa shape index (κ2) is 5.10. The number of carbonyl (C=O) groups is 1. The Bertz CT molecular complexity index is 404. The molecule has 0 amide bonds. The summed E-state index contributed by atoms with van der Waals surface area (Å²) >= 11 is 0. The Labute approximate surface area is 96.2 Å². The molecule has 86 valence electrons. The number of carbonyl (C=O) groups excluding carboxylic acids is 1. The first-order valence-electron chi connectivity index (χ1n) is 6.06. The lowest BCUT2D eigenvalue weighted by Gasteiger charge is -2.08. The fourth-order valence-electron chi connectivity index (χ4n) is 2.15. The largest absolute Gasteiger partial charge is 0.331 e. The van der Waals surface area contributed by atoms with Gasteiger partial charge in [0.05, 0.1) is 0 Å². The molecule has 0 saturated heterocycles. The number of imidazole rings is 1. The molecule has 0 fully saturated rings. The molecule has 0 aromatic carbocycles. The zero-order chi connectivity index (χ0) is 11.4. The quantitative estimate of drug-likeness (QED) is 0.782. The van der Waals surface area contributed by atoms with Crippen molar-refractivity contribution >= 4 is 11.4 Å². The molecule has 3 nitrogen and oxygen atoms in total. The summed E-state index contributed by atoms with van der Waals surface area (Å²) in [6, 6.07) is 0. The van der Waals surface area contributed by atoms with Gasteiger partial charge in [-0.3, -0.25) is 4.79 Å². The lowest BCUT2D eigenvalue weighted by atomic mass is 10.1. The first-order valence-corrected chi connectivity index (χ1v) is 6.06. The molecule has 0 saturated carbocycles. The Morgan fingerprint density at radius 2 is 2.19 bits per heavy atom. The van der Waals surface area contributed by atoms with Gasteiger partial charge < -0.3 is 4.57 Å². The van der Waals surface area contributed by atoms with Crippen LogP contribution in [-0.2, 0) is 11.3 Å². The lowest BCUT2D eigenvalue weighted by molar-refractivity contribution is -0.114. The van der Waals surface area contributed by atoms with Crippen LogP contribution in [0.5, 0.6) is 0 Å². The molecule has 16 heavy (non-hydrogen) atoms. The third-order valence-electron chi connectivity index (χ3n) is 2.92. The van der Waals surface area contributed by atoms with Crippen molar-refractivity contribution in [3.8, 4) is 0 Å². The highest BCUT2D eigenvalue weighted by molar-refractivity contribution is 5.96. The van der Waals surface area contributed by atoms with Crippen LogP contribution >= 0.6 is 0 Å². The highest BCUT2D eigenvalue weighted by Gasteiger charge is 2.13. The van der Waals surface area contributed by atoms with Gasteiger partial charge in [-0.15, -0.1) is 0 Å². The van der Waals surface area contributed by atoms with Crippen LogP contribution < -0.4 is 0 Å². The first kappa shape index (κ1) is 11.1. The van der Waals surface area contributed by atoms with Gasteiger partial charge in [0.1, 0.15) is 5.82 Å². The van der Waals surface area contributed by atoms with Crippen molar-refractivity contribution in [2.45, 2.75) is 45.6 Å². The van der Waals surface area contributed by atoms with Crippen molar-refractivity contribution in [3.05, 3.63) is 24.3 Å². The lowest BCUT2D eigenvalue weighted by Crippen LogP contribution is -2.02. The topological polar surface area (TPSA) is 34.9 Å². The van der Waals surface area contributed by atoms with Crippen LogP contribution in [0.4, 0.5) is 0 Å². The number of allylic oxidation sites excluding steroid dienone is 2. The van der Waals surface area contributed by atoms with Crippen LogP contribution in [-0.4, -0.2) is 15.3 Å². The van der Waals surface area contributed by atoms with E-state index in [0.717, 1.165) is 43.6 Å². The van der Waals surface area contributed by atoms with E-state index in [1.807, 2.05) is 12.4 Å². The fraction of sp³-hybridized carbons (Fsp3) is 0.538. The molecule has 0 bridgehead atoms. The number of ketones is 1. The molecular formula is C13H18N2O. The molecule has 3 heteroatoms. The molecule has 0 radical (unpaired) electrons. The molecule has 0 atom stereocenters. The van der Waals surface area contributed by atoms with Gasteiger partial charge in [0.2, 0.25) is 0 Å². The number of hydrogen-bond acceptors (Lipinski definition) is 2. The third kappa shape index (κ3) is 2.40. The summed E-state index contributed by atoms with van der Waals surface area (Å²) in [6.07, 6.45) is 10.5. The van der Waals surface area contributed by atoms with Gasteiger partial charge in [-0.1, -0.05) is 6.92 Å². The standard InChI is InChI=1S/C13H18N2O/c1-2-8-15-9-7-14-13(15)11-5-3-4-6-12(16)10-11/h7,9-10H,2-6,8H2,1H3.